The molecule has 0 amide bonds. The van der Waals surface area contributed by atoms with E-state index in [4.69, 9.17) is 5.73 Å². The molecule has 0 saturated carbocycles. The highest BCUT2D eigenvalue weighted by atomic mass is 32.1. The number of nitrogen functional groups attached to an aromatic ring is 1. The zero-order valence-corrected chi connectivity index (χ0v) is 15.3. The van der Waals surface area contributed by atoms with Gasteiger partial charge in [0.15, 0.2) is 11.5 Å². The Morgan fingerprint density at radius 3 is 2.85 bits per heavy atom. The fraction of sp³-hybridized carbons (Fsp3) is 0.222. The minimum Gasteiger partial charge on any atom is -0.382 e. The maximum atomic E-state index is 12.3. The maximum Gasteiger partial charge on any atom is 0.328 e. The third-order valence-corrected chi connectivity index (χ3v) is 5.31. The van der Waals surface area contributed by atoms with Crippen molar-refractivity contribution in [2.24, 2.45) is 0 Å². The molecule has 8 heteroatoms. The summed E-state index contributed by atoms with van der Waals surface area (Å²) in [6.45, 7) is 4.26. The molecule has 4 rings (SSSR count). The van der Waals surface area contributed by atoms with Crippen molar-refractivity contribution in [2.45, 2.75) is 26.8 Å². The van der Waals surface area contributed by atoms with Crippen LogP contribution in [0.4, 0.5) is 5.82 Å². The Labute approximate surface area is 153 Å². The molecule has 4 aromatic rings. The van der Waals surface area contributed by atoms with Crippen molar-refractivity contribution in [3.8, 4) is 11.3 Å². The van der Waals surface area contributed by atoms with E-state index in [1.165, 1.54) is 4.88 Å². The quantitative estimate of drug-likeness (QED) is 0.578. The number of pyridine rings is 1. The number of nitrogens with zero attached hydrogens (tertiary/aromatic N) is 4. The monoisotopic (exact) mass is 366 g/mol. The van der Waals surface area contributed by atoms with E-state index in [0.717, 1.165) is 23.2 Å². The van der Waals surface area contributed by atoms with E-state index < -0.39 is 0 Å². The molecule has 0 aliphatic heterocycles. The van der Waals surface area contributed by atoms with Gasteiger partial charge in [-0.25, -0.2) is 14.8 Å². The van der Waals surface area contributed by atoms with E-state index in [0.29, 0.717) is 23.5 Å². The van der Waals surface area contributed by atoms with Crippen molar-refractivity contribution in [3.05, 3.63) is 56.5 Å². The van der Waals surface area contributed by atoms with Crippen LogP contribution in [0, 0.1) is 6.92 Å². The molecule has 0 aromatic carbocycles. The zero-order chi connectivity index (χ0) is 18.3. The van der Waals surface area contributed by atoms with Crippen LogP contribution >= 0.6 is 11.3 Å². The lowest BCUT2D eigenvalue weighted by Gasteiger charge is -2.05. The predicted molar refractivity (Wildman–Crippen MR) is 103 cm³/mol. The van der Waals surface area contributed by atoms with Crippen molar-refractivity contribution in [2.75, 3.05) is 5.73 Å². The summed E-state index contributed by atoms with van der Waals surface area (Å²) >= 11 is 1.74. The summed E-state index contributed by atoms with van der Waals surface area (Å²) in [6.07, 6.45) is 2.82. The molecule has 4 aromatic heterocycles. The normalized spacial score (nSPS) is 11.3. The summed E-state index contributed by atoms with van der Waals surface area (Å²) in [4.78, 5) is 29.3. The van der Waals surface area contributed by atoms with E-state index in [1.54, 1.807) is 29.0 Å². The smallest absolute Gasteiger partial charge is 0.328 e. The second kappa shape index (κ2) is 6.38. The van der Waals surface area contributed by atoms with Crippen LogP contribution in [0.25, 0.3) is 22.4 Å². The molecule has 3 N–H and O–H groups in total. The SMILES string of the molecule is CCc1cc(-c2ccc(Cn3c(=O)[nH]c4c(N)nc(C)nc43)cn2)cs1. The molecular weight excluding hydrogens is 348 g/mol. The van der Waals surface area contributed by atoms with Gasteiger partial charge in [-0.15, -0.1) is 11.3 Å². The number of fused-ring (bicyclic) bond motifs is 1. The number of anilines is 1. The second-order valence-corrected chi connectivity index (χ2v) is 7.07. The van der Waals surface area contributed by atoms with Gasteiger partial charge in [-0.3, -0.25) is 9.55 Å². The fourth-order valence-electron chi connectivity index (χ4n) is 2.88. The Balaban J connectivity index is 1.67. The summed E-state index contributed by atoms with van der Waals surface area (Å²) in [7, 11) is 0. The third-order valence-electron chi connectivity index (χ3n) is 4.23. The molecule has 0 aliphatic rings. The topological polar surface area (TPSA) is 102 Å². The Kier molecular flexibility index (Phi) is 4.04. The number of nitrogens with two attached hydrogens (primary N) is 1. The maximum absolute atomic E-state index is 12.3. The van der Waals surface area contributed by atoms with Crippen LogP contribution in [-0.2, 0) is 13.0 Å². The van der Waals surface area contributed by atoms with Crippen LogP contribution in [0.2, 0.25) is 0 Å². The van der Waals surface area contributed by atoms with Crippen molar-refractivity contribution in [1.82, 2.24) is 24.5 Å². The van der Waals surface area contributed by atoms with Gasteiger partial charge in [0.1, 0.15) is 11.3 Å². The first-order valence-corrected chi connectivity index (χ1v) is 9.18. The number of aryl methyl sites for hydroxylation is 2. The van der Waals surface area contributed by atoms with Gasteiger partial charge in [0.2, 0.25) is 0 Å². The Morgan fingerprint density at radius 2 is 2.15 bits per heavy atom. The van der Waals surface area contributed by atoms with E-state index in [-0.39, 0.29) is 11.5 Å². The summed E-state index contributed by atoms with van der Waals surface area (Å²) in [5.74, 6) is 0.807. The van der Waals surface area contributed by atoms with E-state index in [9.17, 15) is 4.79 Å². The highest BCUT2D eigenvalue weighted by molar-refractivity contribution is 7.10. The summed E-state index contributed by atoms with van der Waals surface area (Å²) in [6, 6.07) is 6.12. The van der Waals surface area contributed by atoms with E-state index in [1.807, 2.05) is 12.1 Å². The Hall–Kier alpha value is -3.00. The number of thiophene rings is 1. The number of aromatic amines is 1. The average molecular weight is 366 g/mol. The summed E-state index contributed by atoms with van der Waals surface area (Å²) < 4.78 is 1.55. The molecule has 132 valence electrons. The number of rotatable bonds is 4. The summed E-state index contributed by atoms with van der Waals surface area (Å²) in [5.41, 5.74) is 9.57. The predicted octanol–water partition coefficient (Wildman–Crippen LogP) is 2.74. The first-order valence-electron chi connectivity index (χ1n) is 8.30. The van der Waals surface area contributed by atoms with Gasteiger partial charge in [-0.05, 0) is 31.0 Å². The molecule has 4 heterocycles. The average Bonchev–Trinajstić information content (AvgIpc) is 3.22. The molecule has 0 bridgehead atoms. The van der Waals surface area contributed by atoms with Crippen LogP contribution < -0.4 is 11.4 Å². The van der Waals surface area contributed by atoms with E-state index >= 15 is 0 Å². The fourth-order valence-corrected chi connectivity index (χ4v) is 3.71. The second-order valence-electron chi connectivity index (χ2n) is 6.08. The Morgan fingerprint density at radius 1 is 1.31 bits per heavy atom. The minimum atomic E-state index is -0.263. The van der Waals surface area contributed by atoms with Gasteiger partial charge in [0.05, 0.1) is 12.2 Å². The van der Waals surface area contributed by atoms with Crippen LogP contribution in [0.1, 0.15) is 23.2 Å². The van der Waals surface area contributed by atoms with Crippen molar-refractivity contribution < 1.29 is 0 Å². The largest absolute Gasteiger partial charge is 0.382 e. The standard InChI is InChI=1S/C18H18N6OS/c1-3-13-6-12(9-26-13)14-5-4-11(7-20-14)8-24-17-15(23-18(24)25)16(19)21-10(2)22-17/h4-7,9H,3,8H2,1-2H3,(H,23,25)(H2,19,21,22). The summed E-state index contributed by atoms with van der Waals surface area (Å²) in [5, 5.41) is 2.12. The molecular formula is C18H18N6OS. The first kappa shape index (κ1) is 16.5. The van der Waals surface area contributed by atoms with Crippen LogP contribution in [0.3, 0.4) is 0 Å². The Bertz CT molecular complexity index is 1140. The first-order chi connectivity index (χ1) is 12.5. The van der Waals surface area contributed by atoms with Crippen LogP contribution in [0.15, 0.2) is 34.6 Å². The molecule has 0 aliphatic carbocycles. The molecule has 7 nitrogen and oxygen atoms in total. The molecule has 0 saturated heterocycles. The highest BCUT2D eigenvalue weighted by Crippen LogP contribution is 2.24. The number of nitrogens with one attached hydrogen (secondary N) is 1. The lowest BCUT2D eigenvalue weighted by molar-refractivity contribution is 0.772. The van der Waals surface area contributed by atoms with Gasteiger partial charge < -0.3 is 10.7 Å². The van der Waals surface area contributed by atoms with Crippen LogP contribution in [0.5, 0.6) is 0 Å². The van der Waals surface area contributed by atoms with Gasteiger partial charge in [0, 0.05) is 22.0 Å². The van der Waals surface area contributed by atoms with Crippen molar-refractivity contribution in [3.63, 3.8) is 0 Å². The molecule has 0 spiro atoms. The molecule has 0 fully saturated rings. The van der Waals surface area contributed by atoms with Crippen LogP contribution in [-0.4, -0.2) is 24.5 Å². The van der Waals surface area contributed by atoms with Crippen molar-refractivity contribution >= 4 is 28.3 Å². The minimum absolute atomic E-state index is 0.263. The number of hydrogen-bond donors (Lipinski definition) is 2. The van der Waals surface area contributed by atoms with Gasteiger partial charge >= 0.3 is 5.69 Å². The lowest BCUT2D eigenvalue weighted by atomic mass is 10.1. The highest BCUT2D eigenvalue weighted by Gasteiger charge is 2.13. The van der Waals surface area contributed by atoms with Gasteiger partial charge in [-0.2, -0.15) is 0 Å². The number of hydrogen-bond acceptors (Lipinski definition) is 6. The third kappa shape index (κ3) is 2.88. The van der Waals surface area contributed by atoms with Gasteiger partial charge in [0.25, 0.3) is 0 Å². The number of aromatic nitrogens is 5. The lowest BCUT2D eigenvalue weighted by Crippen LogP contribution is -2.18. The van der Waals surface area contributed by atoms with Gasteiger partial charge in [-0.1, -0.05) is 13.0 Å². The zero-order valence-electron chi connectivity index (χ0n) is 14.5. The molecule has 26 heavy (non-hydrogen) atoms. The number of H-pyrrole nitrogens is 1. The molecule has 0 atom stereocenters. The molecule has 0 unspecified atom stereocenters. The number of imidazole rings is 1. The molecule has 0 radical (unpaired) electrons. The van der Waals surface area contributed by atoms with E-state index in [2.05, 4.69) is 38.3 Å². The van der Waals surface area contributed by atoms with Crippen molar-refractivity contribution in [1.29, 1.82) is 0 Å².